The van der Waals surface area contributed by atoms with Crippen molar-refractivity contribution in [1.29, 1.82) is 0 Å². The second-order valence-corrected chi connectivity index (χ2v) is 3.97. The Bertz CT molecular complexity index is 348. The van der Waals surface area contributed by atoms with Crippen LogP contribution in [0.3, 0.4) is 0 Å². The van der Waals surface area contributed by atoms with E-state index in [-0.39, 0.29) is 6.10 Å². The average Bonchev–Trinajstić information content (AvgIpc) is 2.47. The molecule has 2 N–H and O–H groups in total. The topological polar surface area (TPSA) is 32.3 Å². The fourth-order valence-corrected chi connectivity index (χ4v) is 2.64. The molecule has 1 aromatic rings. The van der Waals surface area contributed by atoms with Crippen molar-refractivity contribution in [2.45, 2.75) is 24.9 Å². The van der Waals surface area contributed by atoms with Gasteiger partial charge in [-0.15, -0.1) is 0 Å². The highest BCUT2D eigenvalue weighted by Crippen LogP contribution is 2.47. The lowest BCUT2D eigenvalue weighted by Gasteiger charge is -2.22. The molecule has 1 aliphatic heterocycles. The molecule has 0 aromatic heterocycles. The normalized spacial score (nSPS) is 29.6. The van der Waals surface area contributed by atoms with Crippen molar-refractivity contribution < 1.29 is 5.11 Å². The van der Waals surface area contributed by atoms with Gasteiger partial charge in [0.25, 0.3) is 0 Å². The van der Waals surface area contributed by atoms with E-state index in [1.807, 2.05) is 6.07 Å². The zero-order valence-electron chi connectivity index (χ0n) is 7.46. The molecule has 3 rings (SSSR count). The van der Waals surface area contributed by atoms with Gasteiger partial charge in [0, 0.05) is 12.2 Å². The smallest absolute Gasteiger partial charge is 0.0799 e. The van der Waals surface area contributed by atoms with E-state index in [2.05, 4.69) is 17.4 Å². The van der Waals surface area contributed by atoms with Crippen LogP contribution in [0.2, 0.25) is 0 Å². The van der Waals surface area contributed by atoms with Crippen molar-refractivity contribution in [3.63, 3.8) is 0 Å². The number of nitrogens with one attached hydrogen (secondary N) is 1. The Kier molecular flexibility index (Phi) is 1.41. The van der Waals surface area contributed by atoms with Crippen molar-refractivity contribution in [3.05, 3.63) is 29.3 Å². The Labute approximate surface area is 77.6 Å². The van der Waals surface area contributed by atoms with E-state index < -0.39 is 0 Å². The third-order valence-corrected chi connectivity index (χ3v) is 3.22. The van der Waals surface area contributed by atoms with Crippen molar-refractivity contribution in [1.82, 2.24) is 0 Å². The molecule has 1 heterocycles. The van der Waals surface area contributed by atoms with E-state index in [1.54, 1.807) is 0 Å². The molecule has 0 radical (unpaired) electrons. The van der Waals surface area contributed by atoms with Crippen LogP contribution in [0, 0.1) is 0 Å². The number of hydrogen-bond donors (Lipinski definition) is 2. The SMILES string of the molecule is OC1CC2CCNc3cccc1c32. The largest absolute Gasteiger partial charge is 0.388 e. The molecule has 2 heteroatoms. The van der Waals surface area contributed by atoms with Crippen molar-refractivity contribution >= 4 is 5.69 Å². The van der Waals surface area contributed by atoms with E-state index in [9.17, 15) is 5.11 Å². The lowest BCUT2D eigenvalue weighted by atomic mass is 9.93. The Hall–Kier alpha value is -1.02. The number of benzene rings is 1. The minimum absolute atomic E-state index is 0.222. The van der Waals surface area contributed by atoms with Crippen LogP contribution in [0.1, 0.15) is 36.0 Å². The van der Waals surface area contributed by atoms with Gasteiger partial charge in [0.05, 0.1) is 6.10 Å². The van der Waals surface area contributed by atoms with Gasteiger partial charge >= 0.3 is 0 Å². The molecule has 0 spiro atoms. The van der Waals surface area contributed by atoms with Gasteiger partial charge in [0.2, 0.25) is 0 Å². The van der Waals surface area contributed by atoms with Gasteiger partial charge in [0.15, 0.2) is 0 Å². The van der Waals surface area contributed by atoms with Gasteiger partial charge in [-0.2, -0.15) is 0 Å². The summed E-state index contributed by atoms with van der Waals surface area (Å²) in [4.78, 5) is 0. The summed E-state index contributed by atoms with van der Waals surface area (Å²) in [6.45, 7) is 1.05. The molecule has 68 valence electrons. The number of rotatable bonds is 0. The zero-order valence-corrected chi connectivity index (χ0v) is 7.46. The van der Waals surface area contributed by atoms with Crippen LogP contribution < -0.4 is 5.32 Å². The molecule has 2 unspecified atom stereocenters. The highest BCUT2D eigenvalue weighted by molar-refractivity contribution is 5.60. The molecular formula is C11H13NO. The summed E-state index contributed by atoms with van der Waals surface area (Å²) in [6.07, 6.45) is 1.87. The van der Waals surface area contributed by atoms with Crippen LogP contribution >= 0.6 is 0 Å². The first-order valence-corrected chi connectivity index (χ1v) is 4.91. The predicted molar refractivity (Wildman–Crippen MR) is 51.9 cm³/mol. The van der Waals surface area contributed by atoms with E-state index in [0.29, 0.717) is 5.92 Å². The van der Waals surface area contributed by atoms with Gasteiger partial charge in [0.1, 0.15) is 0 Å². The molecule has 0 saturated carbocycles. The van der Waals surface area contributed by atoms with Crippen LogP contribution in [0.15, 0.2) is 18.2 Å². The minimum atomic E-state index is -0.222. The van der Waals surface area contributed by atoms with Gasteiger partial charge in [-0.05, 0) is 36.0 Å². The summed E-state index contributed by atoms with van der Waals surface area (Å²) in [5.41, 5.74) is 3.77. The van der Waals surface area contributed by atoms with E-state index in [1.165, 1.54) is 17.7 Å². The summed E-state index contributed by atoms with van der Waals surface area (Å²) in [5.74, 6) is 0.599. The highest BCUT2D eigenvalue weighted by Gasteiger charge is 2.33. The summed E-state index contributed by atoms with van der Waals surface area (Å²) in [7, 11) is 0. The van der Waals surface area contributed by atoms with Crippen molar-refractivity contribution in [2.75, 3.05) is 11.9 Å². The Morgan fingerprint density at radius 2 is 2.31 bits per heavy atom. The molecule has 0 bridgehead atoms. The van der Waals surface area contributed by atoms with Crippen molar-refractivity contribution in [2.24, 2.45) is 0 Å². The summed E-state index contributed by atoms with van der Waals surface area (Å²) >= 11 is 0. The maximum atomic E-state index is 9.81. The predicted octanol–water partition coefficient (Wildman–Crippen LogP) is 2.02. The third-order valence-electron chi connectivity index (χ3n) is 3.22. The molecular weight excluding hydrogens is 162 g/mol. The molecule has 0 saturated heterocycles. The van der Waals surface area contributed by atoms with Gasteiger partial charge in [-0.3, -0.25) is 0 Å². The molecule has 2 aliphatic rings. The fourth-order valence-electron chi connectivity index (χ4n) is 2.64. The second kappa shape index (κ2) is 2.48. The second-order valence-electron chi connectivity index (χ2n) is 3.97. The van der Waals surface area contributed by atoms with Crippen LogP contribution in [-0.4, -0.2) is 11.7 Å². The number of aliphatic hydroxyl groups is 1. The Balaban J connectivity index is 2.22. The quantitative estimate of drug-likeness (QED) is 0.632. The minimum Gasteiger partial charge on any atom is -0.388 e. The van der Waals surface area contributed by atoms with Crippen LogP contribution in [0.4, 0.5) is 5.69 Å². The van der Waals surface area contributed by atoms with Crippen LogP contribution in [0.25, 0.3) is 0 Å². The van der Waals surface area contributed by atoms with Crippen LogP contribution in [-0.2, 0) is 0 Å². The van der Waals surface area contributed by atoms with E-state index >= 15 is 0 Å². The molecule has 2 nitrogen and oxygen atoms in total. The summed E-state index contributed by atoms with van der Waals surface area (Å²) in [6, 6.07) is 6.19. The standard InChI is InChI=1S/C11H13NO/c13-10-6-7-4-5-12-9-3-1-2-8(10)11(7)9/h1-3,7,10,12-13H,4-6H2. The molecule has 2 atom stereocenters. The van der Waals surface area contributed by atoms with Gasteiger partial charge < -0.3 is 10.4 Å². The Morgan fingerprint density at radius 1 is 1.38 bits per heavy atom. The maximum Gasteiger partial charge on any atom is 0.0799 e. The molecule has 13 heavy (non-hydrogen) atoms. The molecule has 1 aliphatic carbocycles. The van der Waals surface area contributed by atoms with Gasteiger partial charge in [-0.1, -0.05) is 12.1 Å². The monoisotopic (exact) mass is 175 g/mol. The number of aliphatic hydroxyl groups excluding tert-OH is 1. The van der Waals surface area contributed by atoms with Crippen molar-refractivity contribution in [3.8, 4) is 0 Å². The highest BCUT2D eigenvalue weighted by atomic mass is 16.3. The summed E-state index contributed by atoms with van der Waals surface area (Å²) in [5, 5.41) is 13.2. The lowest BCUT2D eigenvalue weighted by molar-refractivity contribution is 0.172. The van der Waals surface area contributed by atoms with E-state index in [4.69, 9.17) is 0 Å². The van der Waals surface area contributed by atoms with Gasteiger partial charge in [-0.25, -0.2) is 0 Å². The molecule has 0 fully saturated rings. The molecule has 0 amide bonds. The van der Waals surface area contributed by atoms with Crippen LogP contribution in [0.5, 0.6) is 0 Å². The third kappa shape index (κ3) is 0.923. The maximum absolute atomic E-state index is 9.81. The zero-order chi connectivity index (χ0) is 8.84. The first-order valence-electron chi connectivity index (χ1n) is 4.91. The first-order chi connectivity index (χ1) is 6.36. The Morgan fingerprint density at radius 3 is 3.23 bits per heavy atom. The number of anilines is 1. The van der Waals surface area contributed by atoms with E-state index in [0.717, 1.165) is 18.5 Å². The fraction of sp³-hybridized carbons (Fsp3) is 0.455. The first kappa shape index (κ1) is 7.39. The molecule has 1 aromatic carbocycles. The average molecular weight is 175 g/mol. The number of hydrogen-bond acceptors (Lipinski definition) is 2. The lowest BCUT2D eigenvalue weighted by Crippen LogP contribution is -2.14. The summed E-state index contributed by atoms with van der Waals surface area (Å²) < 4.78 is 0.